The summed E-state index contributed by atoms with van der Waals surface area (Å²) in [7, 11) is -3.50. The Morgan fingerprint density at radius 2 is 2.06 bits per heavy atom. The second kappa shape index (κ2) is 4.45. The standard InChI is InChI=1S/C11H16ClNO3S2/c1-7(2)11(14)5-13(6-11)18(15,16)9-4-8(3)10(12)17-9/h4,7,14H,5-6H2,1-3H3. The molecule has 4 nitrogen and oxygen atoms in total. The third kappa shape index (κ3) is 2.20. The molecule has 18 heavy (non-hydrogen) atoms. The van der Waals surface area contributed by atoms with Gasteiger partial charge in [0.25, 0.3) is 10.0 Å². The Hall–Kier alpha value is -0.140. The van der Waals surface area contributed by atoms with Crippen molar-refractivity contribution in [3.63, 3.8) is 0 Å². The van der Waals surface area contributed by atoms with E-state index in [4.69, 9.17) is 11.6 Å². The minimum Gasteiger partial charge on any atom is -0.387 e. The normalized spacial score (nSPS) is 20.1. The van der Waals surface area contributed by atoms with Gasteiger partial charge in [-0.15, -0.1) is 11.3 Å². The predicted octanol–water partition coefficient (Wildman–Crippen LogP) is 2.10. The highest BCUT2D eigenvalue weighted by molar-refractivity contribution is 7.91. The average molecular weight is 310 g/mol. The number of nitrogens with zero attached hydrogens (tertiary/aromatic N) is 1. The summed E-state index contributed by atoms with van der Waals surface area (Å²) < 4.78 is 26.6. The van der Waals surface area contributed by atoms with Crippen LogP contribution in [0.3, 0.4) is 0 Å². The zero-order valence-corrected chi connectivity index (χ0v) is 12.9. The summed E-state index contributed by atoms with van der Waals surface area (Å²) >= 11 is 6.96. The lowest BCUT2D eigenvalue weighted by molar-refractivity contribution is -0.0931. The van der Waals surface area contributed by atoms with Gasteiger partial charge in [0.05, 0.1) is 9.94 Å². The fraction of sp³-hybridized carbons (Fsp3) is 0.636. The molecule has 1 aliphatic heterocycles. The van der Waals surface area contributed by atoms with Crippen molar-refractivity contribution in [2.24, 2.45) is 5.92 Å². The minimum atomic E-state index is -3.50. The van der Waals surface area contributed by atoms with Gasteiger partial charge in [-0.1, -0.05) is 25.4 Å². The molecule has 0 aliphatic carbocycles. The SMILES string of the molecule is Cc1cc(S(=O)(=O)N2CC(O)(C(C)C)C2)sc1Cl. The number of rotatable bonds is 3. The lowest BCUT2D eigenvalue weighted by Gasteiger charge is -2.47. The van der Waals surface area contributed by atoms with Crippen LogP contribution in [0.25, 0.3) is 0 Å². The number of thiophene rings is 1. The van der Waals surface area contributed by atoms with E-state index < -0.39 is 15.6 Å². The monoisotopic (exact) mass is 309 g/mol. The highest BCUT2D eigenvalue weighted by atomic mass is 35.5. The molecule has 1 aliphatic rings. The third-order valence-corrected chi connectivity index (χ3v) is 7.20. The molecule has 2 heterocycles. The van der Waals surface area contributed by atoms with E-state index in [2.05, 4.69) is 0 Å². The van der Waals surface area contributed by atoms with Crippen molar-refractivity contribution in [1.29, 1.82) is 0 Å². The smallest absolute Gasteiger partial charge is 0.252 e. The van der Waals surface area contributed by atoms with E-state index in [-0.39, 0.29) is 23.2 Å². The Morgan fingerprint density at radius 3 is 2.44 bits per heavy atom. The molecule has 1 aromatic heterocycles. The van der Waals surface area contributed by atoms with E-state index in [0.29, 0.717) is 4.34 Å². The Morgan fingerprint density at radius 1 is 1.50 bits per heavy atom. The highest BCUT2D eigenvalue weighted by Gasteiger charge is 2.49. The van der Waals surface area contributed by atoms with Crippen LogP contribution in [0.5, 0.6) is 0 Å². The molecule has 1 aromatic rings. The van der Waals surface area contributed by atoms with Crippen LogP contribution in [-0.4, -0.2) is 36.5 Å². The van der Waals surface area contributed by atoms with Crippen molar-refractivity contribution in [3.8, 4) is 0 Å². The maximum absolute atomic E-state index is 12.3. The van der Waals surface area contributed by atoms with Gasteiger partial charge in [-0.2, -0.15) is 4.31 Å². The van der Waals surface area contributed by atoms with E-state index in [1.54, 1.807) is 13.0 Å². The van der Waals surface area contributed by atoms with Crippen molar-refractivity contribution in [2.45, 2.75) is 30.6 Å². The van der Waals surface area contributed by atoms with Crippen molar-refractivity contribution in [2.75, 3.05) is 13.1 Å². The Labute approximate surface area is 116 Å². The molecule has 1 saturated heterocycles. The van der Waals surface area contributed by atoms with E-state index in [1.807, 2.05) is 13.8 Å². The minimum absolute atomic E-state index is 0.0395. The first kappa shape index (κ1) is 14.3. The highest BCUT2D eigenvalue weighted by Crippen LogP contribution is 2.37. The maximum Gasteiger partial charge on any atom is 0.252 e. The number of β-amino-alcohol motifs (C(OH)–C–C–N with tert-alkyl or cyclic N) is 1. The van der Waals surface area contributed by atoms with Crippen molar-refractivity contribution >= 4 is 33.0 Å². The van der Waals surface area contributed by atoms with Gasteiger partial charge in [-0.3, -0.25) is 0 Å². The molecule has 2 rings (SSSR count). The second-order valence-corrected chi connectivity index (χ2v) is 8.87. The van der Waals surface area contributed by atoms with Crippen LogP contribution >= 0.6 is 22.9 Å². The first-order valence-corrected chi connectivity index (χ1v) is 8.29. The van der Waals surface area contributed by atoms with Gasteiger partial charge in [0.15, 0.2) is 0 Å². The molecular formula is C11H16ClNO3S2. The molecule has 0 bridgehead atoms. The van der Waals surface area contributed by atoms with Gasteiger partial charge in [-0.05, 0) is 24.5 Å². The van der Waals surface area contributed by atoms with Crippen LogP contribution in [-0.2, 0) is 10.0 Å². The number of halogens is 1. The van der Waals surface area contributed by atoms with Crippen molar-refractivity contribution < 1.29 is 13.5 Å². The molecule has 0 aromatic carbocycles. The lowest BCUT2D eigenvalue weighted by Crippen LogP contribution is -2.65. The number of aryl methyl sites for hydroxylation is 1. The topological polar surface area (TPSA) is 57.6 Å². The fourth-order valence-corrected chi connectivity index (χ4v) is 5.21. The fourth-order valence-electron chi connectivity index (χ4n) is 1.79. The summed E-state index contributed by atoms with van der Waals surface area (Å²) in [6.07, 6.45) is 0. The number of aliphatic hydroxyl groups is 1. The summed E-state index contributed by atoms with van der Waals surface area (Å²) in [5.74, 6) is 0.0395. The van der Waals surface area contributed by atoms with Crippen LogP contribution in [0.15, 0.2) is 10.3 Å². The molecule has 0 unspecified atom stereocenters. The molecule has 0 amide bonds. The quantitative estimate of drug-likeness (QED) is 0.930. The van der Waals surface area contributed by atoms with Gasteiger partial charge in [0, 0.05) is 13.1 Å². The van der Waals surface area contributed by atoms with E-state index in [1.165, 1.54) is 4.31 Å². The number of hydrogen-bond acceptors (Lipinski definition) is 4. The van der Waals surface area contributed by atoms with Crippen LogP contribution in [0, 0.1) is 12.8 Å². The van der Waals surface area contributed by atoms with Gasteiger partial charge in [0.2, 0.25) is 0 Å². The molecule has 0 spiro atoms. The molecule has 7 heteroatoms. The molecule has 0 atom stereocenters. The maximum atomic E-state index is 12.3. The van der Waals surface area contributed by atoms with Gasteiger partial charge in [0.1, 0.15) is 4.21 Å². The Kier molecular flexibility index (Phi) is 3.53. The van der Waals surface area contributed by atoms with Gasteiger partial charge >= 0.3 is 0 Å². The Balaban J connectivity index is 2.20. The van der Waals surface area contributed by atoms with Crippen molar-refractivity contribution in [1.82, 2.24) is 4.31 Å². The first-order chi connectivity index (χ1) is 8.17. The summed E-state index contributed by atoms with van der Waals surface area (Å²) in [5.41, 5.74) is -0.136. The molecule has 102 valence electrons. The second-order valence-electron chi connectivity index (χ2n) is 5.05. The van der Waals surface area contributed by atoms with E-state index >= 15 is 0 Å². The van der Waals surface area contributed by atoms with Crippen LogP contribution in [0.1, 0.15) is 19.4 Å². The number of sulfonamides is 1. The van der Waals surface area contributed by atoms with E-state index in [9.17, 15) is 13.5 Å². The average Bonchev–Trinajstić information content (AvgIpc) is 2.54. The lowest BCUT2D eigenvalue weighted by atomic mass is 9.85. The largest absolute Gasteiger partial charge is 0.387 e. The summed E-state index contributed by atoms with van der Waals surface area (Å²) in [5, 5.41) is 10.1. The Bertz CT molecular complexity index is 539. The predicted molar refractivity (Wildman–Crippen MR) is 72.6 cm³/mol. The molecule has 0 radical (unpaired) electrons. The van der Waals surface area contributed by atoms with Crippen LogP contribution in [0.2, 0.25) is 4.34 Å². The third-order valence-electron chi connectivity index (χ3n) is 3.40. The first-order valence-electron chi connectivity index (χ1n) is 5.65. The summed E-state index contributed by atoms with van der Waals surface area (Å²) in [6, 6.07) is 1.58. The molecule has 1 fully saturated rings. The van der Waals surface area contributed by atoms with Crippen molar-refractivity contribution in [3.05, 3.63) is 16.0 Å². The zero-order valence-electron chi connectivity index (χ0n) is 10.5. The van der Waals surface area contributed by atoms with Crippen LogP contribution in [0.4, 0.5) is 0 Å². The molecule has 0 saturated carbocycles. The summed E-state index contributed by atoms with van der Waals surface area (Å²) in [6.45, 7) is 5.85. The molecular weight excluding hydrogens is 294 g/mol. The van der Waals surface area contributed by atoms with Gasteiger partial charge in [-0.25, -0.2) is 8.42 Å². The van der Waals surface area contributed by atoms with Gasteiger partial charge < -0.3 is 5.11 Å². The zero-order chi connectivity index (χ0) is 13.7. The molecule has 1 N–H and O–H groups in total. The number of hydrogen-bond donors (Lipinski definition) is 1. The van der Waals surface area contributed by atoms with E-state index in [0.717, 1.165) is 16.9 Å². The summed E-state index contributed by atoms with van der Waals surface area (Å²) in [4.78, 5) is 0. The van der Waals surface area contributed by atoms with Crippen LogP contribution < -0.4 is 0 Å².